The van der Waals surface area contributed by atoms with E-state index in [1.54, 1.807) is 0 Å². The van der Waals surface area contributed by atoms with Crippen LogP contribution in [0.5, 0.6) is 0 Å². The molecule has 68 valence electrons. The first-order chi connectivity index (χ1) is 4.92. The predicted octanol–water partition coefficient (Wildman–Crippen LogP) is 3.10. The summed E-state index contributed by atoms with van der Waals surface area (Å²) in [6.45, 7) is 5.64. The summed E-state index contributed by atoms with van der Waals surface area (Å²) in [4.78, 5) is 2.22. The van der Waals surface area contributed by atoms with Crippen LogP contribution in [0.25, 0.3) is 0 Å². The number of hydrogen-bond donors (Lipinski definition) is 0. The zero-order valence-corrected chi connectivity index (χ0v) is 11.3. The standard InChI is InChI=1S/C7H16INS2/c1-7(2,8)11-10-6-5-9(3)4/h5-6H2,1-4H3. The molecule has 4 heteroatoms. The second-order valence-corrected chi connectivity index (χ2v) is 9.54. The summed E-state index contributed by atoms with van der Waals surface area (Å²) in [6.07, 6.45) is 0. The van der Waals surface area contributed by atoms with Gasteiger partial charge in [0.15, 0.2) is 0 Å². The zero-order chi connectivity index (χ0) is 8.91. The Morgan fingerprint density at radius 1 is 1.36 bits per heavy atom. The molecule has 0 aliphatic heterocycles. The number of alkyl halides is 1. The fourth-order valence-corrected chi connectivity index (χ4v) is 3.66. The van der Waals surface area contributed by atoms with Gasteiger partial charge in [0.2, 0.25) is 0 Å². The molecule has 0 fully saturated rings. The van der Waals surface area contributed by atoms with Gasteiger partial charge in [0.05, 0.1) is 2.75 Å². The molecular formula is C7H16INS2. The lowest BCUT2D eigenvalue weighted by Gasteiger charge is -2.15. The molecule has 0 aromatic carbocycles. The second-order valence-electron chi connectivity index (χ2n) is 3.07. The van der Waals surface area contributed by atoms with Crippen LogP contribution in [0.3, 0.4) is 0 Å². The molecular weight excluding hydrogens is 289 g/mol. The lowest BCUT2D eigenvalue weighted by Crippen LogP contribution is -2.14. The van der Waals surface area contributed by atoms with Crippen molar-refractivity contribution >= 4 is 44.2 Å². The highest BCUT2D eigenvalue weighted by atomic mass is 127. The molecule has 0 unspecified atom stereocenters. The minimum atomic E-state index is 0.370. The summed E-state index contributed by atoms with van der Waals surface area (Å²) >= 11 is 2.46. The fraction of sp³-hybridized carbons (Fsp3) is 1.00. The van der Waals surface area contributed by atoms with Gasteiger partial charge in [-0.15, -0.1) is 0 Å². The quantitative estimate of drug-likeness (QED) is 0.332. The van der Waals surface area contributed by atoms with Crippen molar-refractivity contribution in [1.29, 1.82) is 0 Å². The average Bonchev–Trinajstić information content (AvgIpc) is 1.78. The van der Waals surface area contributed by atoms with Gasteiger partial charge in [-0.2, -0.15) is 0 Å². The van der Waals surface area contributed by atoms with Crippen LogP contribution in [0, 0.1) is 0 Å². The molecule has 0 heterocycles. The number of hydrogen-bond acceptors (Lipinski definition) is 3. The van der Waals surface area contributed by atoms with Crippen LogP contribution in [0.2, 0.25) is 0 Å². The van der Waals surface area contributed by atoms with Crippen LogP contribution >= 0.6 is 44.2 Å². The molecule has 0 spiro atoms. The van der Waals surface area contributed by atoms with Crippen molar-refractivity contribution in [2.75, 3.05) is 26.4 Å². The fourth-order valence-electron chi connectivity index (χ4n) is 0.402. The Morgan fingerprint density at radius 2 is 1.91 bits per heavy atom. The van der Waals surface area contributed by atoms with Crippen molar-refractivity contribution in [3.63, 3.8) is 0 Å². The van der Waals surface area contributed by atoms with E-state index in [9.17, 15) is 0 Å². The zero-order valence-electron chi connectivity index (χ0n) is 7.56. The Labute approximate surface area is 91.6 Å². The molecule has 0 atom stereocenters. The maximum absolute atomic E-state index is 2.46. The number of rotatable bonds is 5. The molecule has 0 rings (SSSR count). The van der Waals surface area contributed by atoms with Crippen molar-refractivity contribution in [1.82, 2.24) is 4.90 Å². The predicted molar refractivity (Wildman–Crippen MR) is 66.7 cm³/mol. The highest BCUT2D eigenvalue weighted by Crippen LogP contribution is 2.40. The van der Waals surface area contributed by atoms with E-state index in [4.69, 9.17) is 0 Å². The third kappa shape index (κ3) is 11.4. The van der Waals surface area contributed by atoms with Gasteiger partial charge in [0, 0.05) is 12.3 Å². The van der Waals surface area contributed by atoms with Gasteiger partial charge in [-0.05, 0) is 27.9 Å². The first-order valence-electron chi connectivity index (χ1n) is 3.56. The van der Waals surface area contributed by atoms with Gasteiger partial charge in [-0.25, -0.2) is 0 Å². The highest BCUT2D eigenvalue weighted by Gasteiger charge is 2.12. The van der Waals surface area contributed by atoms with E-state index < -0.39 is 0 Å². The van der Waals surface area contributed by atoms with E-state index in [2.05, 4.69) is 55.4 Å². The Balaban J connectivity index is 3.15. The number of nitrogens with zero attached hydrogens (tertiary/aromatic N) is 1. The summed E-state index contributed by atoms with van der Waals surface area (Å²) in [5.41, 5.74) is 0. The van der Waals surface area contributed by atoms with Gasteiger partial charge in [0.25, 0.3) is 0 Å². The summed E-state index contributed by atoms with van der Waals surface area (Å²) < 4.78 is 0.370. The van der Waals surface area contributed by atoms with Crippen molar-refractivity contribution < 1.29 is 0 Å². The van der Waals surface area contributed by atoms with Gasteiger partial charge in [-0.1, -0.05) is 44.2 Å². The molecule has 0 amide bonds. The third-order valence-electron chi connectivity index (χ3n) is 0.879. The topological polar surface area (TPSA) is 3.24 Å². The minimum Gasteiger partial charge on any atom is -0.309 e. The van der Waals surface area contributed by atoms with E-state index >= 15 is 0 Å². The van der Waals surface area contributed by atoms with Crippen molar-refractivity contribution in [3.05, 3.63) is 0 Å². The third-order valence-corrected chi connectivity index (χ3v) is 5.40. The van der Waals surface area contributed by atoms with Crippen LogP contribution in [0.15, 0.2) is 0 Å². The van der Waals surface area contributed by atoms with Crippen LogP contribution in [-0.2, 0) is 0 Å². The molecule has 0 N–H and O–H groups in total. The van der Waals surface area contributed by atoms with Gasteiger partial charge >= 0.3 is 0 Å². The minimum absolute atomic E-state index is 0.370. The Hall–Kier alpha value is 1.39. The molecule has 0 aromatic rings. The molecule has 0 saturated carbocycles. The maximum atomic E-state index is 2.46. The van der Waals surface area contributed by atoms with E-state index in [1.807, 2.05) is 21.6 Å². The molecule has 0 aliphatic carbocycles. The Kier molecular flexibility index (Phi) is 6.69. The van der Waals surface area contributed by atoms with E-state index in [-0.39, 0.29) is 0 Å². The largest absolute Gasteiger partial charge is 0.309 e. The van der Waals surface area contributed by atoms with Crippen LogP contribution in [0.4, 0.5) is 0 Å². The lowest BCUT2D eigenvalue weighted by molar-refractivity contribution is 0.438. The van der Waals surface area contributed by atoms with Gasteiger partial charge in [0.1, 0.15) is 0 Å². The normalized spacial score (nSPS) is 12.5. The first-order valence-corrected chi connectivity index (χ1v) is 6.96. The molecule has 0 aliphatic rings. The highest BCUT2D eigenvalue weighted by molar-refractivity contribution is 14.1. The van der Waals surface area contributed by atoms with Crippen molar-refractivity contribution in [2.24, 2.45) is 0 Å². The monoisotopic (exact) mass is 305 g/mol. The number of halogens is 1. The van der Waals surface area contributed by atoms with Crippen molar-refractivity contribution in [2.45, 2.75) is 16.6 Å². The maximum Gasteiger partial charge on any atom is 0.0720 e. The van der Waals surface area contributed by atoms with Gasteiger partial charge < -0.3 is 4.90 Å². The molecule has 0 radical (unpaired) electrons. The molecule has 11 heavy (non-hydrogen) atoms. The first kappa shape index (κ1) is 12.4. The Bertz CT molecular complexity index is 101. The molecule has 0 aromatic heterocycles. The summed E-state index contributed by atoms with van der Waals surface area (Å²) in [6, 6.07) is 0. The van der Waals surface area contributed by atoms with Crippen LogP contribution in [-0.4, -0.2) is 34.0 Å². The summed E-state index contributed by atoms with van der Waals surface area (Å²) in [5, 5.41) is 0. The smallest absolute Gasteiger partial charge is 0.0720 e. The second kappa shape index (κ2) is 5.94. The lowest BCUT2D eigenvalue weighted by atomic mass is 10.6. The van der Waals surface area contributed by atoms with Gasteiger partial charge in [-0.3, -0.25) is 0 Å². The molecule has 0 bridgehead atoms. The SMILES string of the molecule is CN(C)CCSSC(C)(C)I. The van der Waals surface area contributed by atoms with Crippen molar-refractivity contribution in [3.8, 4) is 0 Å². The van der Waals surface area contributed by atoms with E-state index in [0.717, 1.165) is 0 Å². The summed E-state index contributed by atoms with van der Waals surface area (Å²) in [5.74, 6) is 1.21. The van der Waals surface area contributed by atoms with E-state index in [0.29, 0.717) is 2.75 Å². The molecule has 1 nitrogen and oxygen atoms in total. The summed E-state index contributed by atoms with van der Waals surface area (Å²) in [7, 11) is 8.13. The molecule has 0 saturated heterocycles. The van der Waals surface area contributed by atoms with Crippen LogP contribution < -0.4 is 0 Å². The van der Waals surface area contributed by atoms with E-state index in [1.165, 1.54) is 12.3 Å². The Morgan fingerprint density at radius 3 is 2.27 bits per heavy atom. The average molecular weight is 305 g/mol. The van der Waals surface area contributed by atoms with Crippen LogP contribution in [0.1, 0.15) is 13.8 Å².